The molecule has 0 bridgehead atoms. The number of imidazole rings is 1. The van der Waals surface area contributed by atoms with Crippen LogP contribution < -0.4 is 14.8 Å². The third kappa shape index (κ3) is 5.49. The molecule has 0 spiro atoms. The number of ether oxygens (including phenoxy) is 2. The second-order valence-corrected chi connectivity index (χ2v) is 7.15. The third-order valence-corrected chi connectivity index (χ3v) is 4.81. The van der Waals surface area contributed by atoms with Crippen molar-refractivity contribution in [2.45, 2.75) is 20.2 Å². The number of hydrogen-bond acceptors (Lipinski definition) is 6. The molecule has 4 rings (SSSR count). The zero-order valence-corrected chi connectivity index (χ0v) is 18.0. The molecule has 0 aliphatic rings. The number of amides is 1. The van der Waals surface area contributed by atoms with E-state index < -0.39 is 18.0 Å². The lowest BCUT2D eigenvalue weighted by Crippen LogP contribution is -2.17. The van der Waals surface area contributed by atoms with Gasteiger partial charge in [-0.15, -0.1) is 13.2 Å². The van der Waals surface area contributed by atoms with Crippen LogP contribution in [0.2, 0.25) is 0 Å². The number of carbonyl (C=O) groups is 1. The van der Waals surface area contributed by atoms with Crippen molar-refractivity contribution in [3.05, 3.63) is 84.2 Å². The highest BCUT2D eigenvalue weighted by Crippen LogP contribution is 2.25. The van der Waals surface area contributed by atoms with Crippen molar-refractivity contribution in [2.75, 3.05) is 5.32 Å². The van der Waals surface area contributed by atoms with E-state index in [1.807, 2.05) is 18.4 Å². The molecule has 0 aliphatic heterocycles. The van der Waals surface area contributed by atoms with Crippen LogP contribution in [0.1, 0.15) is 21.7 Å². The van der Waals surface area contributed by atoms with Crippen LogP contribution in [0, 0.1) is 13.8 Å². The van der Waals surface area contributed by atoms with Gasteiger partial charge >= 0.3 is 6.36 Å². The zero-order valence-electron chi connectivity index (χ0n) is 18.0. The van der Waals surface area contributed by atoms with E-state index in [0.29, 0.717) is 23.1 Å². The molecule has 0 unspecified atom stereocenters. The fourth-order valence-electron chi connectivity index (χ4n) is 2.99. The standard InChI is InChI=1S/C23H18F3N5O3/c1-14-15(2)31(13-29-14)20-11-21(28-12-27-20)33-18-9-5-17(6-10-18)30-22(32)16-3-7-19(8-4-16)34-23(24,25)26/h3-13H,1-2H3,(H,30,32). The third-order valence-electron chi connectivity index (χ3n) is 4.81. The Morgan fingerprint density at radius 2 is 1.62 bits per heavy atom. The summed E-state index contributed by atoms with van der Waals surface area (Å²) < 4.78 is 48.2. The van der Waals surface area contributed by atoms with Crippen molar-refractivity contribution in [3.8, 4) is 23.2 Å². The Kier molecular flexibility index (Phi) is 6.17. The summed E-state index contributed by atoms with van der Waals surface area (Å²) in [4.78, 5) is 25.0. The lowest BCUT2D eigenvalue weighted by molar-refractivity contribution is -0.274. The number of aryl methyl sites for hydroxylation is 1. The van der Waals surface area contributed by atoms with Gasteiger partial charge < -0.3 is 14.8 Å². The van der Waals surface area contributed by atoms with Crippen LogP contribution in [0.25, 0.3) is 5.82 Å². The Hall–Kier alpha value is -4.41. The van der Waals surface area contributed by atoms with Gasteiger partial charge in [-0.2, -0.15) is 0 Å². The summed E-state index contributed by atoms with van der Waals surface area (Å²) in [6.45, 7) is 3.84. The fraction of sp³-hybridized carbons (Fsp3) is 0.130. The molecule has 34 heavy (non-hydrogen) atoms. The van der Waals surface area contributed by atoms with Gasteiger partial charge in [0.2, 0.25) is 5.88 Å². The van der Waals surface area contributed by atoms with Crippen molar-refractivity contribution in [2.24, 2.45) is 0 Å². The second kappa shape index (κ2) is 9.22. The van der Waals surface area contributed by atoms with E-state index in [2.05, 4.69) is 25.0 Å². The van der Waals surface area contributed by atoms with Gasteiger partial charge in [0.05, 0.1) is 5.69 Å². The second-order valence-electron chi connectivity index (χ2n) is 7.15. The molecule has 0 saturated heterocycles. The fourth-order valence-corrected chi connectivity index (χ4v) is 2.99. The van der Waals surface area contributed by atoms with Crippen molar-refractivity contribution in [1.82, 2.24) is 19.5 Å². The first-order chi connectivity index (χ1) is 16.2. The molecule has 4 aromatic rings. The number of benzene rings is 2. The number of anilines is 1. The van der Waals surface area contributed by atoms with E-state index in [9.17, 15) is 18.0 Å². The number of nitrogens with one attached hydrogen (secondary N) is 1. The molecular weight excluding hydrogens is 451 g/mol. The largest absolute Gasteiger partial charge is 0.573 e. The van der Waals surface area contributed by atoms with Crippen molar-refractivity contribution < 1.29 is 27.4 Å². The average Bonchev–Trinajstić information content (AvgIpc) is 3.13. The number of rotatable bonds is 6. The SMILES string of the molecule is Cc1ncn(-c2cc(Oc3ccc(NC(=O)c4ccc(OC(F)(F)F)cc4)cc3)ncn2)c1C. The predicted octanol–water partition coefficient (Wildman–Crippen LogP) is 5.22. The Labute approximate surface area is 192 Å². The smallest absolute Gasteiger partial charge is 0.439 e. The summed E-state index contributed by atoms with van der Waals surface area (Å²) in [5.74, 6) is 0.526. The molecule has 0 radical (unpaired) electrons. The number of alkyl halides is 3. The molecule has 1 amide bonds. The topological polar surface area (TPSA) is 91.2 Å². The van der Waals surface area contributed by atoms with E-state index in [0.717, 1.165) is 23.5 Å². The number of aromatic nitrogens is 4. The molecule has 11 heteroatoms. The highest BCUT2D eigenvalue weighted by molar-refractivity contribution is 6.04. The van der Waals surface area contributed by atoms with Gasteiger partial charge in [0, 0.05) is 23.0 Å². The Morgan fingerprint density at radius 1 is 0.941 bits per heavy atom. The summed E-state index contributed by atoms with van der Waals surface area (Å²) in [6, 6.07) is 12.8. The van der Waals surface area contributed by atoms with Crippen LogP contribution in [0.3, 0.4) is 0 Å². The van der Waals surface area contributed by atoms with Gasteiger partial charge in [0.1, 0.15) is 30.0 Å². The number of carbonyl (C=O) groups excluding carboxylic acids is 1. The van der Waals surface area contributed by atoms with Crippen LogP contribution >= 0.6 is 0 Å². The summed E-state index contributed by atoms with van der Waals surface area (Å²) >= 11 is 0. The predicted molar refractivity (Wildman–Crippen MR) is 116 cm³/mol. The van der Waals surface area contributed by atoms with Crippen LogP contribution in [0.15, 0.2) is 67.3 Å². The van der Waals surface area contributed by atoms with Crippen LogP contribution in [0.5, 0.6) is 17.4 Å². The molecule has 2 aromatic heterocycles. The maximum absolute atomic E-state index is 12.4. The van der Waals surface area contributed by atoms with Gasteiger partial charge in [-0.3, -0.25) is 9.36 Å². The molecule has 2 heterocycles. The van der Waals surface area contributed by atoms with E-state index in [1.54, 1.807) is 36.7 Å². The van der Waals surface area contributed by atoms with Crippen LogP contribution in [-0.2, 0) is 0 Å². The summed E-state index contributed by atoms with van der Waals surface area (Å²) in [5, 5.41) is 2.66. The molecule has 0 aliphatic carbocycles. The minimum Gasteiger partial charge on any atom is -0.439 e. The molecule has 2 aromatic carbocycles. The van der Waals surface area contributed by atoms with Gasteiger partial charge in [-0.25, -0.2) is 15.0 Å². The molecule has 174 valence electrons. The Bertz CT molecular complexity index is 1300. The first-order valence-corrected chi connectivity index (χ1v) is 9.96. The summed E-state index contributed by atoms with van der Waals surface area (Å²) in [5.41, 5.74) is 2.49. The first kappa shape index (κ1) is 22.8. The minimum absolute atomic E-state index is 0.174. The molecule has 0 atom stereocenters. The Morgan fingerprint density at radius 3 is 2.24 bits per heavy atom. The van der Waals surface area contributed by atoms with Crippen molar-refractivity contribution in [3.63, 3.8) is 0 Å². The van der Waals surface area contributed by atoms with Gasteiger partial charge in [0.15, 0.2) is 0 Å². The average molecular weight is 469 g/mol. The Balaban J connectivity index is 1.39. The minimum atomic E-state index is -4.79. The normalized spacial score (nSPS) is 11.2. The number of hydrogen-bond donors (Lipinski definition) is 1. The molecule has 1 N–H and O–H groups in total. The van der Waals surface area contributed by atoms with Gasteiger partial charge in [-0.05, 0) is 62.4 Å². The van der Waals surface area contributed by atoms with E-state index in [4.69, 9.17) is 4.74 Å². The highest BCUT2D eigenvalue weighted by atomic mass is 19.4. The first-order valence-electron chi connectivity index (χ1n) is 9.96. The molecular formula is C23H18F3N5O3. The van der Waals surface area contributed by atoms with Gasteiger partial charge in [-0.1, -0.05) is 0 Å². The van der Waals surface area contributed by atoms with Crippen LogP contribution in [0.4, 0.5) is 18.9 Å². The van der Waals surface area contributed by atoms with E-state index in [1.165, 1.54) is 18.5 Å². The van der Waals surface area contributed by atoms with Crippen molar-refractivity contribution in [1.29, 1.82) is 0 Å². The lowest BCUT2D eigenvalue weighted by atomic mass is 10.2. The van der Waals surface area contributed by atoms with E-state index in [-0.39, 0.29) is 5.56 Å². The molecule has 0 saturated carbocycles. The zero-order chi connectivity index (χ0) is 24.3. The van der Waals surface area contributed by atoms with Crippen molar-refractivity contribution >= 4 is 11.6 Å². The van der Waals surface area contributed by atoms with Gasteiger partial charge in [0.25, 0.3) is 5.91 Å². The maximum atomic E-state index is 12.4. The number of nitrogens with zero attached hydrogens (tertiary/aromatic N) is 4. The monoisotopic (exact) mass is 469 g/mol. The van der Waals surface area contributed by atoms with E-state index >= 15 is 0 Å². The maximum Gasteiger partial charge on any atom is 0.573 e. The molecule has 0 fully saturated rings. The van der Waals surface area contributed by atoms with Crippen LogP contribution in [-0.4, -0.2) is 31.8 Å². The quantitative estimate of drug-likeness (QED) is 0.416. The summed E-state index contributed by atoms with van der Waals surface area (Å²) in [7, 11) is 0. The summed E-state index contributed by atoms with van der Waals surface area (Å²) in [6.07, 6.45) is -1.73. The highest BCUT2D eigenvalue weighted by Gasteiger charge is 2.31. The number of halogens is 3. The lowest BCUT2D eigenvalue weighted by Gasteiger charge is -2.10. The molecule has 8 nitrogen and oxygen atoms in total.